The van der Waals surface area contributed by atoms with E-state index in [-0.39, 0.29) is 18.4 Å². The van der Waals surface area contributed by atoms with Gasteiger partial charge in [0, 0.05) is 31.4 Å². The monoisotopic (exact) mass is 383 g/mol. The standard InChI is InChI=1S/C18H24F3N5O/c1-4-25-8-7-14(22-25)11-24(3)17(27)12(2)10-26-15(13-5-6-13)9-16(23-26)18(19,20)21/h7-9,12-13H,4-6,10-11H2,1-3H3. The van der Waals surface area contributed by atoms with Gasteiger partial charge in [-0.2, -0.15) is 23.4 Å². The summed E-state index contributed by atoms with van der Waals surface area (Å²) in [6, 6.07) is 2.97. The minimum atomic E-state index is -4.48. The quantitative estimate of drug-likeness (QED) is 0.737. The molecule has 148 valence electrons. The van der Waals surface area contributed by atoms with Crippen molar-refractivity contribution in [2.45, 2.75) is 58.4 Å². The van der Waals surface area contributed by atoms with Crippen molar-refractivity contribution in [3.8, 4) is 0 Å². The van der Waals surface area contributed by atoms with Gasteiger partial charge in [-0.3, -0.25) is 14.2 Å². The second-order valence-electron chi connectivity index (χ2n) is 7.17. The summed E-state index contributed by atoms with van der Waals surface area (Å²) in [5.74, 6) is -0.514. The third-order valence-corrected chi connectivity index (χ3v) is 4.76. The summed E-state index contributed by atoms with van der Waals surface area (Å²) in [6.45, 7) is 4.94. The van der Waals surface area contributed by atoms with Crippen molar-refractivity contribution in [3.63, 3.8) is 0 Å². The first-order valence-corrected chi connectivity index (χ1v) is 9.11. The van der Waals surface area contributed by atoms with Crippen LogP contribution in [0.2, 0.25) is 0 Å². The summed E-state index contributed by atoms with van der Waals surface area (Å²) in [6.07, 6.45) is -0.894. The van der Waals surface area contributed by atoms with Crippen molar-refractivity contribution in [1.82, 2.24) is 24.5 Å². The van der Waals surface area contributed by atoms with Gasteiger partial charge in [0.1, 0.15) is 0 Å². The van der Waals surface area contributed by atoms with E-state index in [4.69, 9.17) is 0 Å². The number of hydrogen-bond donors (Lipinski definition) is 0. The molecular weight excluding hydrogens is 359 g/mol. The van der Waals surface area contributed by atoms with Gasteiger partial charge in [-0.1, -0.05) is 6.92 Å². The summed E-state index contributed by atoms with van der Waals surface area (Å²) >= 11 is 0. The maximum atomic E-state index is 13.0. The van der Waals surface area contributed by atoms with Gasteiger partial charge in [0.05, 0.1) is 24.7 Å². The van der Waals surface area contributed by atoms with Crippen LogP contribution in [0.25, 0.3) is 0 Å². The van der Waals surface area contributed by atoms with Crippen molar-refractivity contribution in [1.29, 1.82) is 0 Å². The zero-order chi connectivity index (χ0) is 19.8. The molecule has 0 radical (unpaired) electrons. The van der Waals surface area contributed by atoms with Gasteiger partial charge in [-0.15, -0.1) is 0 Å². The number of aromatic nitrogens is 4. The molecule has 1 aliphatic carbocycles. The van der Waals surface area contributed by atoms with E-state index in [0.717, 1.165) is 31.1 Å². The lowest BCUT2D eigenvalue weighted by Crippen LogP contribution is -2.33. The first-order valence-electron chi connectivity index (χ1n) is 9.11. The Hall–Kier alpha value is -2.32. The molecule has 0 saturated heterocycles. The first kappa shape index (κ1) is 19.4. The number of alkyl halides is 3. The highest BCUT2D eigenvalue weighted by molar-refractivity contribution is 5.78. The third kappa shape index (κ3) is 4.51. The number of hydrogen-bond acceptors (Lipinski definition) is 3. The van der Waals surface area contributed by atoms with Crippen LogP contribution in [-0.4, -0.2) is 37.4 Å². The molecule has 0 aromatic carbocycles. The lowest BCUT2D eigenvalue weighted by Gasteiger charge is -2.21. The van der Waals surface area contributed by atoms with E-state index in [1.807, 2.05) is 19.2 Å². The lowest BCUT2D eigenvalue weighted by atomic mass is 10.1. The van der Waals surface area contributed by atoms with Gasteiger partial charge in [0.15, 0.2) is 5.69 Å². The van der Waals surface area contributed by atoms with Crippen LogP contribution in [0.1, 0.15) is 49.7 Å². The van der Waals surface area contributed by atoms with Crippen LogP contribution in [0.4, 0.5) is 13.2 Å². The minimum absolute atomic E-state index is 0.117. The second-order valence-corrected chi connectivity index (χ2v) is 7.17. The number of rotatable bonds is 7. The Balaban J connectivity index is 1.67. The number of nitrogens with zero attached hydrogens (tertiary/aromatic N) is 5. The van der Waals surface area contributed by atoms with E-state index >= 15 is 0 Å². The minimum Gasteiger partial charge on any atom is -0.339 e. The van der Waals surface area contributed by atoms with Gasteiger partial charge >= 0.3 is 6.18 Å². The molecule has 9 heteroatoms. The molecule has 1 atom stereocenters. The molecule has 1 fully saturated rings. The Labute approximate surface area is 155 Å². The topological polar surface area (TPSA) is 56.0 Å². The zero-order valence-corrected chi connectivity index (χ0v) is 15.7. The summed E-state index contributed by atoms with van der Waals surface area (Å²) in [5, 5.41) is 8.08. The van der Waals surface area contributed by atoms with Crippen LogP contribution in [-0.2, 0) is 30.6 Å². The highest BCUT2D eigenvalue weighted by Gasteiger charge is 2.38. The first-order chi connectivity index (χ1) is 12.7. The van der Waals surface area contributed by atoms with Gasteiger partial charge in [0.2, 0.25) is 5.91 Å². The Morgan fingerprint density at radius 1 is 1.37 bits per heavy atom. The van der Waals surface area contributed by atoms with Crippen LogP contribution in [0.5, 0.6) is 0 Å². The maximum absolute atomic E-state index is 13.0. The lowest BCUT2D eigenvalue weighted by molar-refractivity contribution is -0.141. The van der Waals surface area contributed by atoms with Crippen molar-refractivity contribution in [2.24, 2.45) is 5.92 Å². The van der Waals surface area contributed by atoms with Gasteiger partial charge < -0.3 is 4.90 Å². The fourth-order valence-corrected chi connectivity index (χ4v) is 3.12. The molecular formula is C18H24F3N5O. The van der Waals surface area contributed by atoms with Gasteiger partial charge in [0.25, 0.3) is 0 Å². The van der Waals surface area contributed by atoms with Crippen LogP contribution in [0, 0.1) is 5.92 Å². The number of halogens is 3. The summed E-state index contributed by atoms with van der Waals surface area (Å²) in [7, 11) is 1.68. The van der Waals surface area contributed by atoms with Crippen molar-refractivity contribution >= 4 is 5.91 Å². The van der Waals surface area contributed by atoms with Crippen molar-refractivity contribution in [3.05, 3.63) is 35.4 Å². The van der Waals surface area contributed by atoms with E-state index in [9.17, 15) is 18.0 Å². The molecule has 2 heterocycles. The molecule has 3 rings (SSSR count). The molecule has 27 heavy (non-hydrogen) atoms. The van der Waals surface area contributed by atoms with E-state index < -0.39 is 17.8 Å². The van der Waals surface area contributed by atoms with E-state index in [2.05, 4.69) is 10.2 Å². The Bertz CT molecular complexity index is 806. The Morgan fingerprint density at radius 3 is 2.63 bits per heavy atom. The normalized spacial score (nSPS) is 15.8. The van der Waals surface area contributed by atoms with Crippen molar-refractivity contribution < 1.29 is 18.0 Å². The Kier molecular flexibility index (Phi) is 5.30. The van der Waals surface area contributed by atoms with E-state index in [1.54, 1.807) is 23.6 Å². The predicted octanol–water partition coefficient (Wildman–Crippen LogP) is 3.29. The zero-order valence-electron chi connectivity index (χ0n) is 15.7. The van der Waals surface area contributed by atoms with Crippen LogP contribution < -0.4 is 0 Å². The molecule has 1 saturated carbocycles. The highest BCUT2D eigenvalue weighted by Crippen LogP contribution is 2.42. The second kappa shape index (κ2) is 7.36. The summed E-state index contributed by atoms with van der Waals surface area (Å²) < 4.78 is 42.2. The number of aryl methyl sites for hydroxylation is 1. The molecule has 0 N–H and O–H groups in total. The molecule has 2 aromatic rings. The maximum Gasteiger partial charge on any atom is 0.435 e. The fourth-order valence-electron chi connectivity index (χ4n) is 3.12. The average molecular weight is 383 g/mol. The van der Waals surface area contributed by atoms with Crippen LogP contribution >= 0.6 is 0 Å². The van der Waals surface area contributed by atoms with Crippen LogP contribution in [0.3, 0.4) is 0 Å². The molecule has 1 aliphatic rings. The largest absolute Gasteiger partial charge is 0.435 e. The fraction of sp³-hybridized carbons (Fsp3) is 0.611. The summed E-state index contributed by atoms with van der Waals surface area (Å²) in [5.41, 5.74) is 0.464. The molecule has 1 unspecified atom stereocenters. The summed E-state index contributed by atoms with van der Waals surface area (Å²) in [4.78, 5) is 14.2. The number of carbonyl (C=O) groups excluding carboxylic acids is 1. The predicted molar refractivity (Wildman–Crippen MR) is 92.7 cm³/mol. The molecule has 1 amide bonds. The van der Waals surface area contributed by atoms with Gasteiger partial charge in [-0.05, 0) is 31.9 Å². The smallest absolute Gasteiger partial charge is 0.339 e. The number of carbonyl (C=O) groups is 1. The molecule has 0 aliphatic heterocycles. The van der Waals surface area contributed by atoms with E-state index in [0.29, 0.717) is 12.2 Å². The third-order valence-electron chi connectivity index (χ3n) is 4.76. The van der Waals surface area contributed by atoms with Gasteiger partial charge in [-0.25, -0.2) is 0 Å². The Morgan fingerprint density at radius 2 is 2.07 bits per heavy atom. The highest BCUT2D eigenvalue weighted by atomic mass is 19.4. The van der Waals surface area contributed by atoms with Crippen molar-refractivity contribution in [2.75, 3.05) is 7.05 Å². The average Bonchev–Trinajstić information content (AvgIpc) is 3.19. The molecule has 2 aromatic heterocycles. The van der Waals surface area contributed by atoms with E-state index in [1.165, 1.54) is 4.68 Å². The number of amides is 1. The molecule has 6 nitrogen and oxygen atoms in total. The SMILES string of the molecule is CCn1ccc(CN(C)C(=O)C(C)Cn2nc(C(F)(F)F)cc2C2CC2)n1. The molecule has 0 spiro atoms. The van der Waals surface area contributed by atoms with Crippen LogP contribution in [0.15, 0.2) is 18.3 Å². The molecule has 0 bridgehead atoms.